The zero-order chi connectivity index (χ0) is 12.0. The van der Waals surface area contributed by atoms with Gasteiger partial charge in [0.15, 0.2) is 0 Å². The Kier molecular flexibility index (Phi) is 5.28. The van der Waals surface area contributed by atoms with Crippen LogP contribution in [0.5, 0.6) is 0 Å². The molecule has 0 bridgehead atoms. The van der Waals surface area contributed by atoms with E-state index >= 15 is 0 Å². The van der Waals surface area contributed by atoms with Crippen molar-refractivity contribution in [1.82, 2.24) is 5.32 Å². The molecular formula is C11H18F3NO. The van der Waals surface area contributed by atoms with E-state index in [2.05, 4.69) is 5.32 Å². The third-order valence-electron chi connectivity index (χ3n) is 2.53. The van der Waals surface area contributed by atoms with Crippen LogP contribution in [0.15, 0.2) is 11.6 Å². The van der Waals surface area contributed by atoms with Crippen molar-refractivity contribution in [2.75, 3.05) is 19.8 Å². The molecule has 0 aromatic carbocycles. The summed E-state index contributed by atoms with van der Waals surface area (Å²) in [4.78, 5) is 0. The van der Waals surface area contributed by atoms with E-state index in [1.165, 1.54) is 5.57 Å². The Morgan fingerprint density at radius 3 is 2.81 bits per heavy atom. The Bertz CT molecular complexity index is 238. The quantitative estimate of drug-likeness (QED) is 0.742. The molecule has 1 rings (SSSR count). The second-order valence-electron chi connectivity index (χ2n) is 4.11. The van der Waals surface area contributed by atoms with Crippen molar-refractivity contribution in [3.05, 3.63) is 11.6 Å². The van der Waals surface area contributed by atoms with E-state index in [-0.39, 0.29) is 0 Å². The summed E-state index contributed by atoms with van der Waals surface area (Å²) in [5.41, 5.74) is 1.28. The highest BCUT2D eigenvalue weighted by Crippen LogP contribution is 2.21. The van der Waals surface area contributed by atoms with Gasteiger partial charge in [0.05, 0.1) is 19.6 Å². The van der Waals surface area contributed by atoms with Crippen LogP contribution in [-0.4, -0.2) is 32.0 Å². The third-order valence-corrected chi connectivity index (χ3v) is 2.53. The number of halogens is 3. The molecule has 1 atom stereocenters. The number of nitrogens with one attached hydrogen (secondary N) is 1. The zero-order valence-electron chi connectivity index (χ0n) is 9.44. The summed E-state index contributed by atoms with van der Waals surface area (Å²) in [6.07, 6.45) is -1.12. The Balaban J connectivity index is 2.12. The first kappa shape index (κ1) is 13.5. The smallest absolute Gasteiger partial charge is 0.377 e. The maximum atomic E-state index is 12.0. The van der Waals surface area contributed by atoms with Gasteiger partial charge in [-0.3, -0.25) is 0 Å². The van der Waals surface area contributed by atoms with Crippen molar-refractivity contribution in [3.8, 4) is 0 Å². The Morgan fingerprint density at radius 2 is 2.25 bits per heavy atom. The van der Waals surface area contributed by atoms with Crippen LogP contribution in [0.25, 0.3) is 0 Å². The average molecular weight is 237 g/mol. The van der Waals surface area contributed by atoms with Crippen LogP contribution in [-0.2, 0) is 4.74 Å². The minimum absolute atomic E-state index is 0.513. The lowest BCUT2D eigenvalue weighted by molar-refractivity contribution is -0.138. The molecule has 94 valence electrons. The van der Waals surface area contributed by atoms with E-state index in [1.54, 1.807) is 6.92 Å². The molecule has 2 nitrogen and oxygen atoms in total. The third kappa shape index (κ3) is 6.12. The summed E-state index contributed by atoms with van der Waals surface area (Å²) in [5.74, 6) is 0. The van der Waals surface area contributed by atoms with Crippen molar-refractivity contribution < 1.29 is 17.9 Å². The molecule has 0 aliphatic carbocycles. The fraction of sp³-hybridized carbons (Fsp3) is 0.818. The fourth-order valence-corrected chi connectivity index (χ4v) is 1.69. The van der Waals surface area contributed by atoms with E-state index in [1.807, 2.05) is 6.08 Å². The summed E-state index contributed by atoms with van der Waals surface area (Å²) in [6.45, 7) is 3.52. The highest BCUT2D eigenvalue weighted by Gasteiger charge is 2.29. The molecule has 0 fully saturated rings. The van der Waals surface area contributed by atoms with Gasteiger partial charge in [0.25, 0.3) is 0 Å². The molecule has 0 aromatic heterocycles. The van der Waals surface area contributed by atoms with Crippen molar-refractivity contribution in [1.29, 1.82) is 0 Å². The van der Waals surface area contributed by atoms with Crippen molar-refractivity contribution in [2.24, 2.45) is 0 Å². The molecule has 1 aliphatic heterocycles. The van der Waals surface area contributed by atoms with E-state index in [4.69, 9.17) is 4.74 Å². The predicted octanol–water partition coefficient (Wildman–Crippen LogP) is 2.65. The molecule has 0 spiro atoms. The minimum atomic E-state index is -4.08. The van der Waals surface area contributed by atoms with Crippen molar-refractivity contribution in [2.45, 2.75) is 38.4 Å². The van der Waals surface area contributed by atoms with Gasteiger partial charge < -0.3 is 10.1 Å². The summed E-state index contributed by atoms with van der Waals surface area (Å²) >= 11 is 0. The lowest BCUT2D eigenvalue weighted by Crippen LogP contribution is -2.32. The Labute approximate surface area is 93.9 Å². The first-order valence-electron chi connectivity index (χ1n) is 5.53. The Morgan fingerprint density at radius 1 is 1.50 bits per heavy atom. The van der Waals surface area contributed by atoms with E-state index in [0.717, 1.165) is 19.4 Å². The van der Waals surface area contributed by atoms with Crippen LogP contribution < -0.4 is 5.32 Å². The van der Waals surface area contributed by atoms with Gasteiger partial charge in [-0.15, -0.1) is 0 Å². The van der Waals surface area contributed by atoms with Crippen LogP contribution in [0.4, 0.5) is 13.2 Å². The van der Waals surface area contributed by atoms with Crippen molar-refractivity contribution in [3.63, 3.8) is 0 Å². The standard InChI is InChI=1S/C11H18F3NO/c1-9(8-11(12,13)14)15-5-2-10-3-6-16-7-4-10/h3,9,15H,2,4-8H2,1H3. The minimum Gasteiger partial charge on any atom is -0.377 e. The van der Waals surface area contributed by atoms with Crippen LogP contribution in [0.2, 0.25) is 0 Å². The number of alkyl halides is 3. The fourth-order valence-electron chi connectivity index (χ4n) is 1.69. The molecule has 5 heteroatoms. The van der Waals surface area contributed by atoms with Crippen LogP contribution >= 0.6 is 0 Å². The number of hydrogen-bond acceptors (Lipinski definition) is 2. The molecule has 16 heavy (non-hydrogen) atoms. The Hall–Kier alpha value is -0.550. The normalized spacial score (nSPS) is 19.4. The molecule has 0 amide bonds. The van der Waals surface area contributed by atoms with Gasteiger partial charge in [0, 0.05) is 6.04 Å². The van der Waals surface area contributed by atoms with Gasteiger partial charge in [0.1, 0.15) is 0 Å². The second-order valence-corrected chi connectivity index (χ2v) is 4.11. The SMILES string of the molecule is CC(CC(F)(F)F)NCCC1=CCOCC1. The molecule has 1 heterocycles. The number of hydrogen-bond donors (Lipinski definition) is 1. The highest BCUT2D eigenvalue weighted by atomic mass is 19.4. The van der Waals surface area contributed by atoms with Gasteiger partial charge in [-0.05, 0) is 26.3 Å². The average Bonchev–Trinajstić information content (AvgIpc) is 2.16. The predicted molar refractivity (Wildman–Crippen MR) is 56.3 cm³/mol. The monoisotopic (exact) mass is 237 g/mol. The molecule has 1 unspecified atom stereocenters. The van der Waals surface area contributed by atoms with Crippen LogP contribution in [0.1, 0.15) is 26.2 Å². The summed E-state index contributed by atoms with van der Waals surface area (Å²) in [7, 11) is 0. The zero-order valence-corrected chi connectivity index (χ0v) is 9.44. The maximum Gasteiger partial charge on any atom is 0.390 e. The van der Waals surface area contributed by atoms with Gasteiger partial charge >= 0.3 is 6.18 Å². The number of ether oxygens (including phenoxy) is 1. The van der Waals surface area contributed by atoms with E-state index in [0.29, 0.717) is 13.2 Å². The molecular weight excluding hydrogens is 219 g/mol. The van der Waals surface area contributed by atoms with Gasteiger partial charge in [0.2, 0.25) is 0 Å². The van der Waals surface area contributed by atoms with Crippen molar-refractivity contribution >= 4 is 0 Å². The lowest BCUT2D eigenvalue weighted by Gasteiger charge is -2.17. The van der Waals surface area contributed by atoms with E-state index in [9.17, 15) is 13.2 Å². The maximum absolute atomic E-state index is 12.0. The lowest BCUT2D eigenvalue weighted by atomic mass is 10.1. The summed E-state index contributed by atoms with van der Waals surface area (Å²) < 4.78 is 41.2. The molecule has 0 radical (unpaired) electrons. The van der Waals surface area contributed by atoms with Gasteiger partial charge in [-0.25, -0.2) is 0 Å². The first-order chi connectivity index (χ1) is 7.47. The highest BCUT2D eigenvalue weighted by molar-refractivity contribution is 5.04. The molecule has 0 saturated heterocycles. The summed E-state index contributed by atoms with van der Waals surface area (Å²) in [5, 5.41) is 2.88. The van der Waals surface area contributed by atoms with Crippen LogP contribution in [0, 0.1) is 0 Å². The van der Waals surface area contributed by atoms with Crippen LogP contribution in [0.3, 0.4) is 0 Å². The first-order valence-corrected chi connectivity index (χ1v) is 5.53. The van der Waals surface area contributed by atoms with Gasteiger partial charge in [-0.1, -0.05) is 11.6 Å². The molecule has 1 N–H and O–H groups in total. The molecule has 0 saturated carbocycles. The molecule has 0 aromatic rings. The van der Waals surface area contributed by atoms with E-state index < -0.39 is 18.6 Å². The summed E-state index contributed by atoms with van der Waals surface area (Å²) in [6, 6.07) is -0.513. The molecule has 1 aliphatic rings. The number of rotatable bonds is 5. The van der Waals surface area contributed by atoms with Gasteiger partial charge in [-0.2, -0.15) is 13.2 Å². The second kappa shape index (κ2) is 6.25. The topological polar surface area (TPSA) is 21.3 Å². The largest absolute Gasteiger partial charge is 0.390 e.